The van der Waals surface area contributed by atoms with E-state index in [9.17, 15) is 13.6 Å². The van der Waals surface area contributed by atoms with Gasteiger partial charge in [-0.05, 0) is 31.0 Å². The SMILES string of the molecule is NC1=N[C@](CF)(c2cc(NC(=O)c3cnc(OCF)cn3)ccc2F)[C@H]2COC3(CC3)C[C@H]2O1. The van der Waals surface area contributed by atoms with Gasteiger partial charge in [0, 0.05) is 17.7 Å². The van der Waals surface area contributed by atoms with Gasteiger partial charge in [-0.1, -0.05) is 0 Å². The number of hydrogen-bond acceptors (Lipinski definition) is 8. The maximum absolute atomic E-state index is 15.1. The number of amidine groups is 1. The highest BCUT2D eigenvalue weighted by Crippen LogP contribution is 2.53. The molecular formula is C22H22F3N5O4. The minimum atomic E-state index is -1.67. The highest BCUT2D eigenvalue weighted by Gasteiger charge is 2.59. The van der Waals surface area contributed by atoms with E-state index in [-0.39, 0.29) is 41.1 Å². The minimum Gasteiger partial charge on any atom is -0.462 e. The van der Waals surface area contributed by atoms with Crippen molar-refractivity contribution >= 4 is 17.6 Å². The summed E-state index contributed by atoms with van der Waals surface area (Å²) in [5.41, 5.74) is 3.99. The van der Waals surface area contributed by atoms with Gasteiger partial charge in [-0.3, -0.25) is 4.79 Å². The number of benzene rings is 1. The second-order valence-electron chi connectivity index (χ2n) is 8.61. The van der Waals surface area contributed by atoms with E-state index in [1.807, 2.05) is 0 Å². The van der Waals surface area contributed by atoms with E-state index in [4.69, 9.17) is 15.2 Å². The first-order valence-electron chi connectivity index (χ1n) is 10.7. The number of ether oxygens (including phenoxy) is 3. The van der Waals surface area contributed by atoms with Crippen molar-refractivity contribution in [2.45, 2.75) is 36.5 Å². The van der Waals surface area contributed by atoms with E-state index in [2.05, 4.69) is 25.0 Å². The minimum absolute atomic E-state index is 0.0674. The molecular weight excluding hydrogens is 455 g/mol. The van der Waals surface area contributed by atoms with E-state index >= 15 is 4.39 Å². The number of halogens is 3. The van der Waals surface area contributed by atoms with Gasteiger partial charge in [-0.15, -0.1) is 0 Å². The predicted molar refractivity (Wildman–Crippen MR) is 113 cm³/mol. The number of alkyl halides is 2. The lowest BCUT2D eigenvalue weighted by Gasteiger charge is -2.47. The summed E-state index contributed by atoms with van der Waals surface area (Å²) in [5.74, 6) is -2.05. The van der Waals surface area contributed by atoms with Crippen molar-refractivity contribution in [2.24, 2.45) is 16.6 Å². The molecule has 3 aliphatic rings. The monoisotopic (exact) mass is 477 g/mol. The third kappa shape index (κ3) is 3.91. The molecule has 5 rings (SSSR count). The molecule has 1 spiro atoms. The van der Waals surface area contributed by atoms with E-state index < -0.39 is 42.8 Å². The lowest BCUT2D eigenvalue weighted by molar-refractivity contribution is -0.127. The summed E-state index contributed by atoms with van der Waals surface area (Å²) in [6.07, 6.45) is 4.03. The van der Waals surface area contributed by atoms with Crippen LogP contribution in [0.2, 0.25) is 0 Å². The molecule has 1 saturated heterocycles. The Bertz CT molecular complexity index is 1130. The summed E-state index contributed by atoms with van der Waals surface area (Å²) in [4.78, 5) is 24.4. The first-order valence-corrected chi connectivity index (χ1v) is 10.7. The normalized spacial score (nSPS) is 26.7. The van der Waals surface area contributed by atoms with Crippen LogP contribution in [0.1, 0.15) is 35.3 Å². The standard InChI is InChI=1S/C22H22F3N5O4/c23-10-22(14-9-33-21(3-4-21)6-17(14)34-20(26)30-22)13-5-12(1-2-15(13)25)29-19(31)16-7-28-18(8-27-16)32-11-24/h1-2,5,7-8,14,17H,3-4,6,9-11H2,(H2,26,30)(H,29,31)/t14-,17+,22+/m0/s1. The van der Waals surface area contributed by atoms with Crippen molar-refractivity contribution < 1.29 is 32.2 Å². The second kappa shape index (κ2) is 8.42. The van der Waals surface area contributed by atoms with Crippen LogP contribution in [0.15, 0.2) is 35.6 Å². The van der Waals surface area contributed by atoms with E-state index in [1.165, 1.54) is 12.1 Å². The molecule has 12 heteroatoms. The van der Waals surface area contributed by atoms with Crippen LogP contribution in [0.25, 0.3) is 0 Å². The molecule has 180 valence electrons. The third-order valence-electron chi connectivity index (χ3n) is 6.55. The molecule has 1 aromatic carbocycles. The van der Waals surface area contributed by atoms with Gasteiger partial charge in [-0.2, -0.15) is 0 Å². The van der Waals surface area contributed by atoms with Crippen LogP contribution in [0.4, 0.5) is 18.9 Å². The van der Waals surface area contributed by atoms with Gasteiger partial charge in [0.15, 0.2) is 0 Å². The number of hydrogen-bond donors (Lipinski definition) is 2. The zero-order valence-corrected chi connectivity index (χ0v) is 18.0. The molecule has 3 heterocycles. The zero-order valence-electron chi connectivity index (χ0n) is 18.0. The average Bonchev–Trinajstić information content (AvgIpc) is 3.58. The van der Waals surface area contributed by atoms with Gasteiger partial charge < -0.3 is 25.3 Å². The summed E-state index contributed by atoms with van der Waals surface area (Å²) < 4.78 is 58.3. The molecule has 2 fully saturated rings. The first-order chi connectivity index (χ1) is 16.4. The molecule has 0 unspecified atom stereocenters. The summed E-state index contributed by atoms with van der Waals surface area (Å²) in [6.45, 7) is -1.98. The quantitative estimate of drug-likeness (QED) is 0.656. The molecule has 3 atom stereocenters. The fraction of sp³-hybridized carbons (Fsp3) is 0.455. The lowest BCUT2D eigenvalue weighted by atomic mass is 9.73. The number of carbonyl (C=O) groups is 1. The molecule has 1 aromatic heterocycles. The summed E-state index contributed by atoms with van der Waals surface area (Å²) in [7, 11) is 0. The number of aromatic nitrogens is 2. The van der Waals surface area contributed by atoms with E-state index in [0.29, 0.717) is 6.42 Å². The second-order valence-corrected chi connectivity index (χ2v) is 8.61. The van der Waals surface area contributed by atoms with Crippen molar-refractivity contribution in [3.63, 3.8) is 0 Å². The number of aliphatic imine (C=N–C) groups is 1. The number of carbonyl (C=O) groups excluding carboxylic acids is 1. The Balaban J connectivity index is 1.44. The Morgan fingerprint density at radius 3 is 2.76 bits per heavy atom. The predicted octanol–water partition coefficient (Wildman–Crippen LogP) is 2.62. The Kier molecular flexibility index (Phi) is 5.54. The number of nitrogens with zero attached hydrogens (tertiary/aromatic N) is 3. The van der Waals surface area contributed by atoms with E-state index in [1.54, 1.807) is 0 Å². The van der Waals surface area contributed by atoms with Crippen molar-refractivity contribution in [3.8, 4) is 5.88 Å². The van der Waals surface area contributed by atoms with Crippen LogP contribution in [-0.4, -0.2) is 53.7 Å². The topological polar surface area (TPSA) is 121 Å². The van der Waals surface area contributed by atoms with Crippen molar-refractivity contribution in [3.05, 3.63) is 47.7 Å². The summed E-state index contributed by atoms with van der Waals surface area (Å²) in [6, 6.07) is 3.56. The van der Waals surface area contributed by atoms with Crippen molar-refractivity contribution in [1.82, 2.24) is 9.97 Å². The number of nitrogens with two attached hydrogens (primary N) is 1. The average molecular weight is 477 g/mol. The third-order valence-corrected chi connectivity index (χ3v) is 6.55. The molecule has 34 heavy (non-hydrogen) atoms. The van der Waals surface area contributed by atoms with Crippen LogP contribution in [-0.2, 0) is 15.0 Å². The van der Waals surface area contributed by atoms with Crippen LogP contribution < -0.4 is 15.8 Å². The van der Waals surface area contributed by atoms with Gasteiger partial charge in [-0.25, -0.2) is 28.1 Å². The van der Waals surface area contributed by atoms with Crippen LogP contribution in [0.3, 0.4) is 0 Å². The van der Waals surface area contributed by atoms with Gasteiger partial charge in [0.1, 0.15) is 29.8 Å². The molecule has 2 aromatic rings. The largest absolute Gasteiger partial charge is 0.462 e. The molecule has 2 aliphatic heterocycles. The van der Waals surface area contributed by atoms with Crippen LogP contribution in [0, 0.1) is 11.7 Å². The number of anilines is 1. The number of rotatable bonds is 6. The highest BCUT2D eigenvalue weighted by molar-refractivity contribution is 6.02. The maximum Gasteiger partial charge on any atom is 0.283 e. The van der Waals surface area contributed by atoms with Gasteiger partial charge in [0.25, 0.3) is 11.9 Å². The Hall–Kier alpha value is -3.41. The maximum atomic E-state index is 15.1. The summed E-state index contributed by atoms with van der Waals surface area (Å²) in [5, 5.41) is 2.58. The molecule has 1 saturated carbocycles. The fourth-order valence-electron chi connectivity index (χ4n) is 4.61. The zero-order chi connectivity index (χ0) is 23.9. The Morgan fingerprint density at radius 1 is 1.26 bits per heavy atom. The number of fused-ring (bicyclic) bond motifs is 1. The van der Waals surface area contributed by atoms with Gasteiger partial charge >= 0.3 is 0 Å². The lowest BCUT2D eigenvalue weighted by Crippen LogP contribution is -2.56. The molecule has 9 nitrogen and oxygen atoms in total. The number of nitrogens with one attached hydrogen (secondary N) is 1. The first kappa shape index (κ1) is 22.4. The van der Waals surface area contributed by atoms with Crippen LogP contribution >= 0.6 is 0 Å². The fourth-order valence-corrected chi connectivity index (χ4v) is 4.61. The molecule has 1 aliphatic carbocycles. The molecule has 3 N–H and O–H groups in total. The molecule has 0 bridgehead atoms. The smallest absolute Gasteiger partial charge is 0.283 e. The highest BCUT2D eigenvalue weighted by atomic mass is 19.1. The Morgan fingerprint density at radius 2 is 2.09 bits per heavy atom. The van der Waals surface area contributed by atoms with Crippen molar-refractivity contribution in [2.75, 3.05) is 25.5 Å². The molecule has 1 amide bonds. The Labute approximate surface area is 192 Å². The van der Waals surface area contributed by atoms with Crippen molar-refractivity contribution in [1.29, 1.82) is 0 Å². The summed E-state index contributed by atoms with van der Waals surface area (Å²) >= 11 is 0. The molecule has 0 radical (unpaired) electrons. The van der Waals surface area contributed by atoms with Gasteiger partial charge in [0.2, 0.25) is 12.7 Å². The number of amides is 1. The van der Waals surface area contributed by atoms with E-state index in [0.717, 1.165) is 31.3 Å². The van der Waals surface area contributed by atoms with Crippen LogP contribution in [0.5, 0.6) is 5.88 Å². The van der Waals surface area contributed by atoms with Gasteiger partial charge in [0.05, 0.1) is 30.5 Å².